The van der Waals surface area contributed by atoms with Gasteiger partial charge in [-0.15, -0.1) is 0 Å². The van der Waals surface area contributed by atoms with Crippen LogP contribution < -0.4 is 6.15 Å². The summed E-state index contributed by atoms with van der Waals surface area (Å²) in [6, 6.07) is 0. The maximum Gasteiger partial charge on any atom is -0.000585 e. The van der Waals surface area contributed by atoms with E-state index in [9.17, 15) is 0 Å². The van der Waals surface area contributed by atoms with Crippen LogP contribution >= 0.6 is 0 Å². The van der Waals surface area contributed by atoms with Crippen molar-refractivity contribution in [3.05, 3.63) is 0 Å². The van der Waals surface area contributed by atoms with Crippen molar-refractivity contribution in [2.24, 2.45) is 0 Å². The van der Waals surface area contributed by atoms with Crippen molar-refractivity contribution in [3.8, 4) is 0 Å². The maximum absolute atomic E-state index is 2.14. The second-order valence-electron chi connectivity index (χ2n) is 0. The van der Waals surface area contributed by atoms with Crippen LogP contribution in [0.15, 0.2) is 0 Å². The van der Waals surface area contributed by atoms with Gasteiger partial charge < -0.3 is 6.15 Å². The summed E-state index contributed by atoms with van der Waals surface area (Å²) in [4.78, 5) is 0. The van der Waals surface area contributed by atoms with Crippen LogP contribution in [0.5, 0.6) is 0 Å². The summed E-state index contributed by atoms with van der Waals surface area (Å²) in [5, 5.41) is 0. The highest BCUT2D eigenvalue weighted by atomic mass is 28.1. The van der Waals surface area contributed by atoms with E-state index in [1.165, 1.54) is 10.2 Å². The minimum atomic E-state index is 0. The first-order chi connectivity index (χ1) is 1.00. The van der Waals surface area contributed by atoms with Crippen LogP contribution in [0.25, 0.3) is 0 Å². The third kappa shape index (κ3) is 30.0. The van der Waals surface area contributed by atoms with E-state index in [2.05, 4.69) is 6.55 Å². The Morgan fingerprint density at radius 1 is 1.25 bits per heavy atom. The average molecular weight is 95.3 g/mol. The Labute approximate surface area is 34.8 Å². The second kappa shape index (κ2) is 125. The van der Waals surface area contributed by atoms with E-state index in [-0.39, 0.29) is 17.1 Å². The standard InChI is InChI=1S/CH6Si.H3N.H4Si/c1-2;;/h1-2H3;1H3;1H4. The van der Waals surface area contributed by atoms with Crippen molar-refractivity contribution in [2.45, 2.75) is 6.55 Å². The van der Waals surface area contributed by atoms with Gasteiger partial charge in [0.05, 0.1) is 0 Å². The van der Waals surface area contributed by atoms with E-state index >= 15 is 0 Å². The van der Waals surface area contributed by atoms with E-state index in [1.54, 1.807) is 0 Å². The number of hydrogen-bond donors (Lipinski definition) is 1. The Bertz CT molecular complexity index is 6.00. The van der Waals surface area contributed by atoms with Crippen molar-refractivity contribution in [1.82, 2.24) is 6.15 Å². The molecular weight excluding hydrogens is 82.2 g/mol. The van der Waals surface area contributed by atoms with Gasteiger partial charge in [-0.25, -0.2) is 0 Å². The van der Waals surface area contributed by atoms with Crippen LogP contribution in [0.3, 0.4) is 0 Å². The highest BCUT2D eigenvalue weighted by Crippen LogP contribution is 0.960. The van der Waals surface area contributed by atoms with Crippen molar-refractivity contribution >= 4 is 21.2 Å². The van der Waals surface area contributed by atoms with Crippen molar-refractivity contribution in [1.29, 1.82) is 0 Å². The fourth-order valence-electron chi connectivity index (χ4n) is 0. The smallest absolute Gasteiger partial charge is 0.000585 e. The van der Waals surface area contributed by atoms with Crippen LogP contribution in [0.4, 0.5) is 0 Å². The molecular formula is CH13NSi2. The molecule has 0 amide bonds. The predicted molar refractivity (Wildman–Crippen MR) is 32.2 cm³/mol. The number of rotatable bonds is 0. The van der Waals surface area contributed by atoms with Gasteiger partial charge in [-0.3, -0.25) is 0 Å². The molecule has 3 N–H and O–H groups in total. The van der Waals surface area contributed by atoms with Gasteiger partial charge in [-0.05, 0) is 21.2 Å². The van der Waals surface area contributed by atoms with Gasteiger partial charge >= 0.3 is 0 Å². The summed E-state index contributed by atoms with van der Waals surface area (Å²) < 4.78 is 0. The molecule has 0 aromatic rings. The van der Waals surface area contributed by atoms with E-state index in [0.29, 0.717) is 0 Å². The molecule has 0 unspecified atom stereocenters. The topological polar surface area (TPSA) is 35.0 Å². The Morgan fingerprint density at radius 3 is 1.25 bits per heavy atom. The monoisotopic (exact) mass is 95.1 g/mol. The fraction of sp³-hybridized carbons (Fsp3) is 1.00. The van der Waals surface area contributed by atoms with Gasteiger partial charge in [-0.2, -0.15) is 0 Å². The highest BCUT2D eigenvalue weighted by Gasteiger charge is 0.962. The lowest BCUT2D eigenvalue weighted by Crippen LogP contribution is -1.13. The lowest BCUT2D eigenvalue weighted by atomic mass is 11.9. The maximum atomic E-state index is 2.14. The summed E-state index contributed by atoms with van der Waals surface area (Å²) in [6.45, 7) is 2.14. The zero-order valence-corrected chi connectivity index (χ0v) is 4.71. The molecule has 0 aliphatic rings. The van der Waals surface area contributed by atoms with E-state index < -0.39 is 0 Å². The molecule has 0 radical (unpaired) electrons. The summed E-state index contributed by atoms with van der Waals surface area (Å²) >= 11 is 0. The fourth-order valence-corrected chi connectivity index (χ4v) is 0. The van der Waals surface area contributed by atoms with Gasteiger partial charge in [0.25, 0.3) is 0 Å². The molecule has 4 heavy (non-hydrogen) atoms. The first-order valence-electron chi connectivity index (χ1n) is 1.00. The summed E-state index contributed by atoms with van der Waals surface area (Å²) in [6.07, 6.45) is 0. The molecule has 3 heteroatoms. The molecule has 0 aromatic carbocycles. The van der Waals surface area contributed by atoms with Crippen LogP contribution in [-0.4, -0.2) is 21.2 Å². The van der Waals surface area contributed by atoms with E-state index in [1.807, 2.05) is 0 Å². The zero-order chi connectivity index (χ0) is 2.00. The lowest BCUT2D eigenvalue weighted by molar-refractivity contribution is 2.13. The molecule has 0 aromatic heterocycles. The number of hydrogen-bond acceptors (Lipinski definition) is 1. The summed E-state index contributed by atoms with van der Waals surface area (Å²) in [7, 11) is 1.31. The Balaban J connectivity index is -0.00000000500. The van der Waals surface area contributed by atoms with Crippen molar-refractivity contribution in [3.63, 3.8) is 0 Å². The third-order valence-corrected chi connectivity index (χ3v) is 0. The molecule has 0 aliphatic heterocycles. The first-order valence-corrected chi connectivity index (χ1v) is 3.00. The Hall–Kier alpha value is 0.394. The molecule has 0 saturated carbocycles. The molecule has 0 rings (SSSR count). The molecule has 0 aliphatic carbocycles. The average Bonchev–Trinajstić information content (AvgIpc) is 1.00. The SMILES string of the molecule is C[SiH3].N.[SiH4]. The van der Waals surface area contributed by atoms with Gasteiger partial charge in [0, 0.05) is 0 Å². The van der Waals surface area contributed by atoms with Gasteiger partial charge in [0.2, 0.25) is 0 Å². The largest absolute Gasteiger partial charge is 0.344 e. The molecule has 0 saturated heterocycles. The molecule has 0 heterocycles. The molecule has 30 valence electrons. The molecule has 0 atom stereocenters. The quantitative estimate of drug-likeness (QED) is 0.351. The minimum absolute atomic E-state index is 0. The van der Waals surface area contributed by atoms with Gasteiger partial charge in [0.15, 0.2) is 0 Å². The third-order valence-electron chi connectivity index (χ3n) is 0. The van der Waals surface area contributed by atoms with Crippen molar-refractivity contribution in [2.75, 3.05) is 0 Å². The van der Waals surface area contributed by atoms with Crippen LogP contribution in [0.1, 0.15) is 0 Å². The first kappa shape index (κ1) is 26.1. The summed E-state index contributed by atoms with van der Waals surface area (Å²) in [5.74, 6) is 0. The zero-order valence-electron chi connectivity index (χ0n) is 2.71. The minimum Gasteiger partial charge on any atom is -0.344 e. The van der Waals surface area contributed by atoms with E-state index in [4.69, 9.17) is 0 Å². The lowest BCUT2D eigenvalue weighted by Gasteiger charge is -1.04. The second-order valence-corrected chi connectivity index (χ2v) is 0. The van der Waals surface area contributed by atoms with Crippen LogP contribution in [-0.2, 0) is 0 Å². The highest BCUT2D eigenvalue weighted by molar-refractivity contribution is 6.05. The molecule has 0 spiro atoms. The molecule has 1 nitrogen and oxygen atoms in total. The van der Waals surface area contributed by atoms with Crippen LogP contribution in [0, 0.1) is 0 Å². The molecule has 0 bridgehead atoms. The van der Waals surface area contributed by atoms with Gasteiger partial charge in [-0.1, -0.05) is 6.55 Å². The Morgan fingerprint density at radius 2 is 1.25 bits per heavy atom. The Kier molecular flexibility index (Phi) is 817. The van der Waals surface area contributed by atoms with E-state index in [0.717, 1.165) is 0 Å². The van der Waals surface area contributed by atoms with Gasteiger partial charge in [0.1, 0.15) is 0 Å². The van der Waals surface area contributed by atoms with Crippen LogP contribution in [0.2, 0.25) is 6.55 Å². The predicted octanol–water partition coefficient (Wildman–Crippen LogP) is -1.89. The summed E-state index contributed by atoms with van der Waals surface area (Å²) in [5.41, 5.74) is 0. The molecule has 0 fully saturated rings. The van der Waals surface area contributed by atoms with Crippen molar-refractivity contribution < 1.29 is 0 Å². The normalized spacial score (nSPS) is 2.25.